The van der Waals surface area contributed by atoms with Gasteiger partial charge in [0.1, 0.15) is 0 Å². The Hall–Kier alpha value is -1.53. The number of nitrogen functional groups attached to an aromatic ring is 1. The van der Waals surface area contributed by atoms with Crippen LogP contribution in [0.15, 0.2) is 50.2 Å². The molecule has 19 heavy (non-hydrogen) atoms. The lowest BCUT2D eigenvalue weighted by molar-refractivity contribution is 0.542. The highest BCUT2D eigenvalue weighted by atomic mass is 79.9. The number of anilines is 1. The van der Waals surface area contributed by atoms with E-state index < -0.39 is 0 Å². The molecule has 0 saturated heterocycles. The molecule has 0 aliphatic carbocycles. The molecule has 0 radical (unpaired) electrons. The van der Waals surface area contributed by atoms with Gasteiger partial charge in [-0.25, -0.2) is 0 Å². The highest BCUT2D eigenvalue weighted by molar-refractivity contribution is 9.10. The fourth-order valence-electron chi connectivity index (χ4n) is 1.96. The smallest absolute Gasteiger partial charge is 0.178 e. The SMILES string of the molecule is Nc1n[nH]c(-c2ccoc2Br)c1-c1ccccc1Br. The van der Waals surface area contributed by atoms with E-state index in [2.05, 4.69) is 42.1 Å². The maximum Gasteiger partial charge on any atom is 0.178 e. The zero-order chi connectivity index (χ0) is 13.4. The Morgan fingerprint density at radius 2 is 1.89 bits per heavy atom. The number of hydrogen-bond donors (Lipinski definition) is 2. The number of benzene rings is 1. The fourth-order valence-corrected chi connectivity index (χ4v) is 2.88. The van der Waals surface area contributed by atoms with E-state index in [9.17, 15) is 0 Å². The van der Waals surface area contributed by atoms with Crippen LogP contribution in [-0.2, 0) is 0 Å². The highest BCUT2D eigenvalue weighted by Crippen LogP contribution is 2.40. The van der Waals surface area contributed by atoms with Gasteiger partial charge in [0.25, 0.3) is 0 Å². The molecule has 0 spiro atoms. The average Bonchev–Trinajstić information content (AvgIpc) is 2.96. The number of H-pyrrole nitrogens is 1. The molecule has 0 amide bonds. The summed E-state index contributed by atoms with van der Waals surface area (Å²) >= 11 is 6.91. The van der Waals surface area contributed by atoms with Gasteiger partial charge in [0.05, 0.1) is 23.1 Å². The predicted octanol–water partition coefficient (Wildman–Crippen LogP) is 4.44. The van der Waals surface area contributed by atoms with Gasteiger partial charge in [0.15, 0.2) is 10.5 Å². The van der Waals surface area contributed by atoms with Gasteiger partial charge in [-0.2, -0.15) is 5.10 Å². The summed E-state index contributed by atoms with van der Waals surface area (Å²) in [5.74, 6) is 0.454. The lowest BCUT2D eigenvalue weighted by Gasteiger charge is -2.05. The van der Waals surface area contributed by atoms with Crippen molar-refractivity contribution < 1.29 is 4.42 Å². The minimum atomic E-state index is 0.454. The summed E-state index contributed by atoms with van der Waals surface area (Å²) in [5, 5.41) is 7.06. The van der Waals surface area contributed by atoms with E-state index in [4.69, 9.17) is 10.2 Å². The van der Waals surface area contributed by atoms with Crippen molar-refractivity contribution in [2.75, 3.05) is 5.73 Å². The lowest BCUT2D eigenvalue weighted by atomic mass is 10.0. The molecule has 0 fully saturated rings. The standard InChI is InChI=1S/C13H9Br2N3O/c14-9-4-2-1-3-7(9)10-11(17-18-13(10)16)8-5-6-19-12(8)15/h1-6H,(H3,16,17,18). The number of furan rings is 1. The molecule has 3 aromatic rings. The van der Waals surface area contributed by atoms with Crippen LogP contribution in [0.3, 0.4) is 0 Å². The van der Waals surface area contributed by atoms with E-state index >= 15 is 0 Å². The third kappa shape index (κ3) is 2.11. The molecule has 6 heteroatoms. The van der Waals surface area contributed by atoms with Gasteiger partial charge in [-0.1, -0.05) is 34.1 Å². The van der Waals surface area contributed by atoms with Gasteiger partial charge in [0.2, 0.25) is 0 Å². The van der Waals surface area contributed by atoms with Gasteiger partial charge in [-0.3, -0.25) is 5.10 Å². The van der Waals surface area contributed by atoms with Crippen molar-refractivity contribution in [2.24, 2.45) is 0 Å². The topological polar surface area (TPSA) is 67.8 Å². The monoisotopic (exact) mass is 381 g/mol. The van der Waals surface area contributed by atoms with Crippen LogP contribution >= 0.6 is 31.9 Å². The maximum absolute atomic E-state index is 5.99. The van der Waals surface area contributed by atoms with Gasteiger partial charge in [0, 0.05) is 10.0 Å². The molecule has 0 atom stereocenters. The number of hydrogen-bond acceptors (Lipinski definition) is 3. The predicted molar refractivity (Wildman–Crippen MR) is 81.5 cm³/mol. The van der Waals surface area contributed by atoms with Gasteiger partial charge >= 0.3 is 0 Å². The second-order valence-corrected chi connectivity index (χ2v) is 5.52. The molecular weight excluding hydrogens is 374 g/mol. The summed E-state index contributed by atoms with van der Waals surface area (Å²) in [5.41, 5.74) is 9.54. The van der Waals surface area contributed by atoms with Crippen molar-refractivity contribution in [1.82, 2.24) is 10.2 Å². The summed E-state index contributed by atoms with van der Waals surface area (Å²) in [7, 11) is 0. The van der Waals surface area contributed by atoms with Crippen molar-refractivity contribution in [3.8, 4) is 22.4 Å². The Morgan fingerprint density at radius 3 is 2.58 bits per heavy atom. The average molecular weight is 383 g/mol. The Kier molecular flexibility index (Phi) is 3.20. The Morgan fingerprint density at radius 1 is 1.11 bits per heavy atom. The summed E-state index contributed by atoms with van der Waals surface area (Å²) in [4.78, 5) is 0. The number of aromatic nitrogens is 2. The second-order valence-electron chi connectivity index (χ2n) is 3.95. The van der Waals surface area contributed by atoms with Crippen LogP contribution < -0.4 is 5.73 Å². The molecule has 0 bridgehead atoms. The summed E-state index contributed by atoms with van der Waals surface area (Å²) in [6.07, 6.45) is 1.61. The van der Waals surface area contributed by atoms with Crippen LogP contribution in [-0.4, -0.2) is 10.2 Å². The largest absolute Gasteiger partial charge is 0.457 e. The zero-order valence-corrected chi connectivity index (χ0v) is 12.8. The maximum atomic E-state index is 5.99. The summed E-state index contributed by atoms with van der Waals surface area (Å²) in [6.45, 7) is 0. The molecule has 3 rings (SSSR count). The first-order chi connectivity index (χ1) is 9.18. The number of nitrogens with two attached hydrogens (primary N) is 1. The quantitative estimate of drug-likeness (QED) is 0.688. The van der Waals surface area contributed by atoms with Crippen LogP contribution in [0.5, 0.6) is 0 Å². The number of nitrogens with one attached hydrogen (secondary N) is 1. The van der Waals surface area contributed by atoms with E-state index in [1.807, 2.05) is 30.3 Å². The molecule has 0 unspecified atom stereocenters. The van der Waals surface area contributed by atoms with Crippen LogP contribution in [0.2, 0.25) is 0 Å². The zero-order valence-electron chi connectivity index (χ0n) is 9.65. The first kappa shape index (κ1) is 12.5. The van der Waals surface area contributed by atoms with Crippen LogP contribution in [0.4, 0.5) is 5.82 Å². The normalized spacial score (nSPS) is 10.8. The molecule has 0 saturated carbocycles. The number of nitrogens with zero attached hydrogens (tertiary/aromatic N) is 1. The van der Waals surface area contributed by atoms with Crippen molar-refractivity contribution in [3.05, 3.63) is 45.7 Å². The Balaban J connectivity index is 2.26. The number of rotatable bonds is 2. The summed E-state index contributed by atoms with van der Waals surface area (Å²) < 4.78 is 6.87. The van der Waals surface area contributed by atoms with Crippen LogP contribution in [0.25, 0.3) is 22.4 Å². The second kappa shape index (κ2) is 4.86. The molecule has 3 N–H and O–H groups in total. The molecule has 1 aromatic carbocycles. The molecule has 4 nitrogen and oxygen atoms in total. The highest BCUT2D eigenvalue weighted by Gasteiger charge is 2.19. The Labute approximate surface area is 126 Å². The van der Waals surface area contributed by atoms with E-state index in [1.165, 1.54) is 0 Å². The Bertz CT molecular complexity index is 733. The van der Waals surface area contributed by atoms with Gasteiger partial charge in [-0.15, -0.1) is 0 Å². The molecular formula is C13H9Br2N3O. The molecule has 0 aliphatic heterocycles. The summed E-state index contributed by atoms with van der Waals surface area (Å²) in [6, 6.07) is 9.73. The minimum absolute atomic E-state index is 0.454. The van der Waals surface area contributed by atoms with Crippen LogP contribution in [0, 0.1) is 0 Å². The fraction of sp³-hybridized carbons (Fsp3) is 0. The van der Waals surface area contributed by atoms with Crippen molar-refractivity contribution >= 4 is 37.7 Å². The molecule has 2 aromatic heterocycles. The van der Waals surface area contributed by atoms with Crippen molar-refractivity contribution in [3.63, 3.8) is 0 Å². The lowest BCUT2D eigenvalue weighted by Crippen LogP contribution is -1.89. The van der Waals surface area contributed by atoms with E-state index in [0.29, 0.717) is 10.5 Å². The van der Waals surface area contributed by atoms with Crippen molar-refractivity contribution in [1.29, 1.82) is 0 Å². The minimum Gasteiger partial charge on any atom is -0.457 e. The molecule has 2 heterocycles. The van der Waals surface area contributed by atoms with E-state index in [-0.39, 0.29) is 0 Å². The number of halogens is 2. The number of aromatic amines is 1. The van der Waals surface area contributed by atoms with Crippen molar-refractivity contribution in [2.45, 2.75) is 0 Å². The third-order valence-electron chi connectivity index (χ3n) is 2.82. The first-order valence-corrected chi connectivity index (χ1v) is 7.09. The van der Waals surface area contributed by atoms with Crippen LogP contribution in [0.1, 0.15) is 0 Å². The van der Waals surface area contributed by atoms with Gasteiger partial charge in [-0.05, 0) is 28.1 Å². The molecule has 96 valence electrons. The third-order valence-corrected chi connectivity index (χ3v) is 4.13. The molecule has 0 aliphatic rings. The van der Waals surface area contributed by atoms with E-state index in [1.54, 1.807) is 6.26 Å². The van der Waals surface area contributed by atoms with Gasteiger partial charge < -0.3 is 10.2 Å². The first-order valence-electron chi connectivity index (χ1n) is 5.50. The van der Waals surface area contributed by atoms with E-state index in [0.717, 1.165) is 26.9 Å².